The summed E-state index contributed by atoms with van der Waals surface area (Å²) in [5, 5.41) is 22.7. The molecule has 12 heteroatoms. The zero-order valence-corrected chi connectivity index (χ0v) is 28.5. The van der Waals surface area contributed by atoms with Gasteiger partial charge in [0.1, 0.15) is 17.9 Å². The van der Waals surface area contributed by atoms with E-state index in [4.69, 9.17) is 5.41 Å². The van der Waals surface area contributed by atoms with Gasteiger partial charge >= 0.3 is 5.97 Å². The Hall–Kier alpha value is -4.68. The van der Waals surface area contributed by atoms with Gasteiger partial charge in [0, 0.05) is 37.2 Å². The molecule has 3 aromatic carbocycles. The van der Waals surface area contributed by atoms with Gasteiger partial charge in [-0.15, -0.1) is 0 Å². The van der Waals surface area contributed by atoms with Gasteiger partial charge < -0.3 is 21.1 Å². The molecule has 1 heterocycles. The second-order valence-electron chi connectivity index (χ2n) is 12.5. The largest absolute Gasteiger partial charge is 0.480 e. The van der Waals surface area contributed by atoms with Gasteiger partial charge in [0.05, 0.1) is 11.3 Å². The number of hydrogen-bond donors (Lipinski definition) is 4. The van der Waals surface area contributed by atoms with E-state index in [9.17, 15) is 32.7 Å². The number of rotatable bonds is 18. The number of unbranched alkanes of at least 4 members (excludes halogenated alkanes) is 2. The fourth-order valence-electron chi connectivity index (χ4n) is 5.82. The number of anilines is 1. The standard InChI is InChI=1S/C37H44N4O7S/c1-26(38)9-4-2-7-12-31(42)23-28-14-16-29(17-15-28)24-33(37(45)46)40-36(44)34-13-8-22-41(34)49(47,48)32-20-18-30(19-21-32)39-35(43)25-27-10-5-3-6-11-27/h3,5-6,10-11,14-21,33-34,38H,2,4,7-9,12-13,22-25H2,1H3,(H,39,43)(H,40,44)(H,45,46)/t33?,34-/m0/s1. The highest BCUT2D eigenvalue weighted by Crippen LogP contribution is 2.27. The van der Waals surface area contributed by atoms with Gasteiger partial charge in [-0.3, -0.25) is 14.4 Å². The Morgan fingerprint density at radius 1 is 0.857 bits per heavy atom. The van der Waals surface area contributed by atoms with Crippen molar-refractivity contribution in [1.82, 2.24) is 9.62 Å². The van der Waals surface area contributed by atoms with E-state index in [1.165, 1.54) is 24.3 Å². The summed E-state index contributed by atoms with van der Waals surface area (Å²) in [6, 6.07) is 19.6. The number of carbonyl (C=O) groups is 4. The monoisotopic (exact) mass is 688 g/mol. The molecule has 0 aliphatic carbocycles. The van der Waals surface area contributed by atoms with Crippen LogP contribution < -0.4 is 10.6 Å². The van der Waals surface area contributed by atoms with Crippen molar-refractivity contribution in [2.75, 3.05) is 11.9 Å². The molecule has 0 radical (unpaired) electrons. The molecule has 2 amide bonds. The maximum absolute atomic E-state index is 13.6. The molecule has 4 rings (SSSR count). The second-order valence-corrected chi connectivity index (χ2v) is 14.4. The molecule has 0 aromatic heterocycles. The van der Waals surface area contributed by atoms with Crippen LogP contribution in [0.4, 0.5) is 5.69 Å². The topological polar surface area (TPSA) is 174 Å². The predicted octanol–water partition coefficient (Wildman–Crippen LogP) is 4.93. The highest BCUT2D eigenvalue weighted by Gasteiger charge is 2.40. The molecule has 2 atom stereocenters. The van der Waals surface area contributed by atoms with E-state index < -0.39 is 34.0 Å². The van der Waals surface area contributed by atoms with Crippen molar-refractivity contribution in [1.29, 1.82) is 5.41 Å². The average Bonchev–Trinajstić information content (AvgIpc) is 3.57. The molecule has 1 unspecified atom stereocenters. The Balaban J connectivity index is 1.31. The van der Waals surface area contributed by atoms with Gasteiger partial charge in [-0.1, -0.05) is 61.0 Å². The lowest BCUT2D eigenvalue weighted by atomic mass is 10.00. The fraction of sp³-hybridized carbons (Fsp3) is 0.378. The molecule has 11 nitrogen and oxygen atoms in total. The van der Waals surface area contributed by atoms with Crippen LogP contribution in [-0.4, -0.2) is 65.7 Å². The second kappa shape index (κ2) is 17.6. The number of carbonyl (C=O) groups excluding carboxylic acids is 3. The van der Waals surface area contributed by atoms with Crippen LogP contribution >= 0.6 is 0 Å². The molecule has 4 N–H and O–H groups in total. The Bertz CT molecular complexity index is 1730. The smallest absolute Gasteiger partial charge is 0.326 e. The maximum atomic E-state index is 13.6. The Morgan fingerprint density at radius 2 is 1.49 bits per heavy atom. The quantitative estimate of drug-likeness (QED) is 0.108. The van der Waals surface area contributed by atoms with Crippen LogP contribution in [0.2, 0.25) is 0 Å². The van der Waals surface area contributed by atoms with Crippen LogP contribution in [0.25, 0.3) is 0 Å². The summed E-state index contributed by atoms with van der Waals surface area (Å²) in [6.07, 6.45) is 4.92. The van der Waals surface area contributed by atoms with E-state index in [0.29, 0.717) is 29.8 Å². The van der Waals surface area contributed by atoms with Gasteiger partial charge in [0.2, 0.25) is 21.8 Å². The van der Waals surface area contributed by atoms with E-state index in [2.05, 4.69) is 10.6 Å². The van der Waals surface area contributed by atoms with Gasteiger partial charge in [-0.25, -0.2) is 13.2 Å². The minimum atomic E-state index is -4.09. The summed E-state index contributed by atoms with van der Waals surface area (Å²) >= 11 is 0. The zero-order valence-electron chi connectivity index (χ0n) is 27.7. The first-order chi connectivity index (χ1) is 23.4. The minimum absolute atomic E-state index is 0.0152. The molecule has 0 saturated carbocycles. The normalized spacial score (nSPS) is 15.3. The third-order valence-corrected chi connectivity index (χ3v) is 10.4. The van der Waals surface area contributed by atoms with Crippen LogP contribution in [0.5, 0.6) is 0 Å². The number of ketones is 1. The molecule has 3 aromatic rings. The van der Waals surface area contributed by atoms with Crippen molar-refractivity contribution in [3.63, 3.8) is 0 Å². The Morgan fingerprint density at radius 3 is 2.14 bits per heavy atom. The van der Waals surface area contributed by atoms with Gasteiger partial charge in [-0.05, 0) is 80.0 Å². The summed E-state index contributed by atoms with van der Waals surface area (Å²) in [5.74, 6) is -2.06. The molecule has 0 spiro atoms. The average molecular weight is 689 g/mol. The highest BCUT2D eigenvalue weighted by molar-refractivity contribution is 7.89. The van der Waals surface area contributed by atoms with E-state index >= 15 is 0 Å². The minimum Gasteiger partial charge on any atom is -0.480 e. The number of Topliss-reactive ketones (excluding diaryl/α,β-unsaturated/α-hetero) is 1. The summed E-state index contributed by atoms with van der Waals surface area (Å²) in [6.45, 7) is 1.89. The maximum Gasteiger partial charge on any atom is 0.326 e. The molecular formula is C37H44N4O7S. The van der Waals surface area contributed by atoms with Crippen molar-refractivity contribution in [2.45, 2.75) is 88.1 Å². The molecule has 1 saturated heterocycles. The first kappa shape index (κ1) is 37.1. The number of nitrogens with zero attached hydrogens (tertiary/aromatic N) is 1. The molecule has 1 aliphatic rings. The van der Waals surface area contributed by atoms with Crippen molar-refractivity contribution in [2.24, 2.45) is 0 Å². The molecule has 1 aliphatic heterocycles. The van der Waals surface area contributed by atoms with Crippen LogP contribution in [0.3, 0.4) is 0 Å². The number of nitrogens with one attached hydrogen (secondary N) is 3. The number of benzene rings is 3. The summed E-state index contributed by atoms with van der Waals surface area (Å²) < 4.78 is 28.2. The zero-order chi connectivity index (χ0) is 35.4. The summed E-state index contributed by atoms with van der Waals surface area (Å²) in [4.78, 5) is 50.2. The van der Waals surface area contributed by atoms with Crippen molar-refractivity contribution in [3.05, 3.63) is 95.6 Å². The van der Waals surface area contributed by atoms with Crippen molar-refractivity contribution >= 4 is 45.0 Å². The third-order valence-electron chi connectivity index (χ3n) is 8.44. The first-order valence-electron chi connectivity index (χ1n) is 16.5. The Kier molecular flexibility index (Phi) is 13.4. The van der Waals surface area contributed by atoms with Crippen LogP contribution in [0, 0.1) is 5.41 Å². The molecule has 260 valence electrons. The number of aliphatic carboxylic acids is 1. The SMILES string of the molecule is CC(=N)CCCCCC(=O)Cc1ccc(CC(NC(=O)[C@@H]2CCCN2S(=O)(=O)c2ccc(NC(=O)Cc3ccccc3)cc2)C(=O)O)cc1. The third kappa shape index (κ3) is 11.2. The van der Waals surface area contributed by atoms with Gasteiger partial charge in [0.25, 0.3) is 0 Å². The van der Waals surface area contributed by atoms with Crippen LogP contribution in [-0.2, 0) is 48.5 Å². The fourth-order valence-corrected chi connectivity index (χ4v) is 7.48. The predicted molar refractivity (Wildman–Crippen MR) is 187 cm³/mol. The number of carboxylic acid groups (broad SMARTS) is 1. The van der Waals surface area contributed by atoms with Crippen LogP contribution in [0.1, 0.15) is 68.6 Å². The summed E-state index contributed by atoms with van der Waals surface area (Å²) in [5.41, 5.74) is 3.39. The van der Waals surface area contributed by atoms with Gasteiger partial charge in [-0.2, -0.15) is 4.31 Å². The molecule has 1 fully saturated rings. The number of hydrogen-bond acceptors (Lipinski definition) is 7. The Labute approximate surface area is 287 Å². The van der Waals surface area contributed by atoms with E-state index in [0.717, 1.165) is 41.1 Å². The van der Waals surface area contributed by atoms with Crippen molar-refractivity contribution < 1.29 is 32.7 Å². The molecule has 0 bridgehead atoms. The number of sulfonamides is 1. The lowest BCUT2D eigenvalue weighted by Crippen LogP contribution is -2.51. The van der Waals surface area contributed by atoms with Crippen LogP contribution in [0.15, 0.2) is 83.8 Å². The molecule has 49 heavy (non-hydrogen) atoms. The number of carboxylic acids is 1. The van der Waals surface area contributed by atoms with Crippen molar-refractivity contribution in [3.8, 4) is 0 Å². The summed E-state index contributed by atoms with van der Waals surface area (Å²) in [7, 11) is -4.09. The lowest BCUT2D eigenvalue weighted by molar-refractivity contribution is -0.142. The van der Waals surface area contributed by atoms with E-state index in [-0.39, 0.29) is 48.8 Å². The van der Waals surface area contributed by atoms with E-state index in [1.54, 1.807) is 31.2 Å². The number of amides is 2. The molecular weight excluding hydrogens is 644 g/mol. The van der Waals surface area contributed by atoms with Gasteiger partial charge in [0.15, 0.2) is 0 Å². The van der Waals surface area contributed by atoms with E-state index in [1.807, 2.05) is 30.3 Å². The first-order valence-corrected chi connectivity index (χ1v) is 18.0. The highest BCUT2D eigenvalue weighted by atomic mass is 32.2. The lowest BCUT2D eigenvalue weighted by Gasteiger charge is -2.25.